The summed E-state index contributed by atoms with van der Waals surface area (Å²) in [6.45, 7) is 8.44. The zero-order valence-electron chi connectivity index (χ0n) is 11.8. The Bertz CT molecular complexity index is 374. The molecule has 0 radical (unpaired) electrons. The second-order valence-electron chi connectivity index (χ2n) is 5.01. The van der Waals surface area contributed by atoms with Gasteiger partial charge in [0.2, 0.25) is 0 Å². The highest BCUT2D eigenvalue weighted by atomic mass is 35.5. The average Bonchev–Trinajstić information content (AvgIpc) is 2.34. The molecule has 0 bridgehead atoms. The van der Waals surface area contributed by atoms with Gasteiger partial charge in [-0.1, -0.05) is 31.5 Å². The molecule has 0 saturated carbocycles. The molecule has 0 aliphatic rings. The summed E-state index contributed by atoms with van der Waals surface area (Å²) >= 11 is 5.88. The number of benzene rings is 1. The van der Waals surface area contributed by atoms with Crippen LogP contribution in [-0.4, -0.2) is 25.2 Å². The summed E-state index contributed by atoms with van der Waals surface area (Å²) in [5.74, 6) is 1.27. The molecule has 1 aromatic rings. The van der Waals surface area contributed by atoms with Gasteiger partial charge in [-0.25, -0.2) is 0 Å². The van der Waals surface area contributed by atoms with Gasteiger partial charge in [0.15, 0.2) is 0 Å². The first-order valence-corrected chi connectivity index (χ1v) is 6.69. The molecule has 0 aliphatic heterocycles. The summed E-state index contributed by atoms with van der Waals surface area (Å²) in [5, 5.41) is 4.14. The summed E-state index contributed by atoms with van der Waals surface area (Å²) in [4.78, 5) is 0. The van der Waals surface area contributed by atoms with Gasteiger partial charge in [0.1, 0.15) is 12.4 Å². The minimum absolute atomic E-state index is 0. The molecule has 1 unspecified atom stereocenters. The maximum Gasteiger partial charge on any atom is 0.120 e. The van der Waals surface area contributed by atoms with E-state index in [4.69, 9.17) is 22.1 Å². The van der Waals surface area contributed by atoms with Crippen LogP contribution in [0.2, 0.25) is 5.02 Å². The van der Waals surface area contributed by atoms with Crippen LogP contribution in [0.5, 0.6) is 5.75 Å². The quantitative estimate of drug-likeness (QED) is 0.761. The van der Waals surface area contributed by atoms with E-state index in [0.717, 1.165) is 12.3 Å². The fourth-order valence-corrected chi connectivity index (χ4v) is 1.75. The van der Waals surface area contributed by atoms with E-state index in [1.54, 1.807) is 0 Å². The molecule has 0 amide bonds. The Morgan fingerprint density at radius 1 is 1.42 bits per heavy atom. The third-order valence-electron chi connectivity index (χ3n) is 3.39. The van der Waals surface area contributed by atoms with E-state index >= 15 is 0 Å². The predicted molar refractivity (Wildman–Crippen MR) is 84.5 cm³/mol. The third kappa shape index (κ3) is 6.00. The molecule has 1 aromatic carbocycles. The Labute approximate surface area is 127 Å². The minimum Gasteiger partial charge on any atom is -0.492 e. The van der Waals surface area contributed by atoms with Gasteiger partial charge < -0.3 is 15.8 Å². The van der Waals surface area contributed by atoms with E-state index < -0.39 is 0 Å². The van der Waals surface area contributed by atoms with Gasteiger partial charge in [-0.2, -0.15) is 0 Å². The van der Waals surface area contributed by atoms with E-state index in [-0.39, 0.29) is 17.9 Å². The van der Waals surface area contributed by atoms with E-state index in [2.05, 4.69) is 26.1 Å². The van der Waals surface area contributed by atoms with Gasteiger partial charge in [-0.15, -0.1) is 12.4 Å². The zero-order chi connectivity index (χ0) is 13.6. The lowest BCUT2D eigenvalue weighted by atomic mass is 9.88. The largest absolute Gasteiger partial charge is 0.492 e. The van der Waals surface area contributed by atoms with Gasteiger partial charge in [0, 0.05) is 23.7 Å². The van der Waals surface area contributed by atoms with Crippen LogP contribution in [0.3, 0.4) is 0 Å². The molecular formula is C14H24Cl2N2O. The predicted octanol–water partition coefficient (Wildman–Crippen LogP) is 3.10. The highest BCUT2D eigenvalue weighted by Gasteiger charge is 2.25. The number of rotatable bonds is 7. The maximum absolute atomic E-state index is 5.88. The first kappa shape index (κ1) is 18.5. The minimum atomic E-state index is -0.0440. The van der Waals surface area contributed by atoms with Crippen molar-refractivity contribution in [3.63, 3.8) is 0 Å². The maximum atomic E-state index is 5.88. The van der Waals surface area contributed by atoms with Gasteiger partial charge >= 0.3 is 0 Å². The van der Waals surface area contributed by atoms with Gasteiger partial charge in [0.05, 0.1) is 0 Å². The summed E-state index contributed by atoms with van der Waals surface area (Å²) < 4.78 is 5.62. The van der Waals surface area contributed by atoms with Crippen LogP contribution < -0.4 is 15.8 Å². The summed E-state index contributed by atoms with van der Waals surface area (Å²) in [6, 6.07) is 7.42. The standard InChI is InChI=1S/C14H23ClN2O.ClH/c1-11(2)14(3,10-16)17-7-8-18-13-6-4-5-12(15)9-13;/h4-6,9,11,17H,7-8,10,16H2,1-3H3;1H. The molecule has 0 heterocycles. The average molecular weight is 307 g/mol. The van der Waals surface area contributed by atoms with Crippen molar-refractivity contribution in [2.45, 2.75) is 26.3 Å². The molecule has 5 heteroatoms. The Morgan fingerprint density at radius 2 is 2.11 bits per heavy atom. The molecule has 3 N–H and O–H groups in total. The highest BCUT2D eigenvalue weighted by molar-refractivity contribution is 6.30. The van der Waals surface area contributed by atoms with Crippen molar-refractivity contribution in [1.82, 2.24) is 5.32 Å². The fourth-order valence-electron chi connectivity index (χ4n) is 1.57. The summed E-state index contributed by atoms with van der Waals surface area (Å²) in [6.07, 6.45) is 0. The Kier molecular flexibility index (Phi) is 8.42. The van der Waals surface area contributed by atoms with Crippen LogP contribution >= 0.6 is 24.0 Å². The molecule has 0 saturated heterocycles. The first-order chi connectivity index (χ1) is 8.48. The summed E-state index contributed by atoms with van der Waals surface area (Å²) in [5.41, 5.74) is 5.76. The topological polar surface area (TPSA) is 47.3 Å². The van der Waals surface area contributed by atoms with Crippen molar-refractivity contribution in [3.8, 4) is 5.75 Å². The first-order valence-electron chi connectivity index (χ1n) is 6.31. The van der Waals surface area contributed by atoms with Crippen molar-refractivity contribution in [3.05, 3.63) is 29.3 Å². The fraction of sp³-hybridized carbons (Fsp3) is 0.571. The molecule has 1 atom stereocenters. The highest BCUT2D eigenvalue weighted by Crippen LogP contribution is 2.17. The Hall–Kier alpha value is -0.480. The van der Waals surface area contributed by atoms with Gasteiger partial charge in [0.25, 0.3) is 0 Å². The van der Waals surface area contributed by atoms with Crippen LogP contribution in [0, 0.1) is 5.92 Å². The van der Waals surface area contributed by atoms with E-state index in [9.17, 15) is 0 Å². The number of nitrogens with two attached hydrogens (primary N) is 1. The molecule has 0 aromatic heterocycles. The second-order valence-corrected chi connectivity index (χ2v) is 5.45. The van der Waals surface area contributed by atoms with Crippen molar-refractivity contribution in [2.24, 2.45) is 11.7 Å². The van der Waals surface area contributed by atoms with Gasteiger partial charge in [-0.05, 0) is 31.0 Å². The SMILES string of the molecule is CC(C)C(C)(CN)NCCOc1cccc(Cl)c1.Cl. The molecule has 19 heavy (non-hydrogen) atoms. The lowest BCUT2D eigenvalue weighted by molar-refractivity contribution is 0.236. The summed E-state index contributed by atoms with van der Waals surface area (Å²) in [7, 11) is 0. The van der Waals surface area contributed by atoms with Crippen molar-refractivity contribution in [1.29, 1.82) is 0 Å². The number of nitrogens with one attached hydrogen (secondary N) is 1. The smallest absolute Gasteiger partial charge is 0.120 e. The monoisotopic (exact) mass is 306 g/mol. The van der Waals surface area contributed by atoms with Crippen molar-refractivity contribution >= 4 is 24.0 Å². The molecule has 0 spiro atoms. The van der Waals surface area contributed by atoms with Gasteiger partial charge in [-0.3, -0.25) is 0 Å². The van der Waals surface area contributed by atoms with Crippen LogP contribution in [0.1, 0.15) is 20.8 Å². The van der Waals surface area contributed by atoms with Crippen molar-refractivity contribution < 1.29 is 4.74 Å². The Morgan fingerprint density at radius 3 is 2.63 bits per heavy atom. The van der Waals surface area contributed by atoms with Crippen molar-refractivity contribution in [2.75, 3.05) is 19.7 Å². The van der Waals surface area contributed by atoms with Crippen LogP contribution in [0.25, 0.3) is 0 Å². The molecule has 1 rings (SSSR count). The molecule has 110 valence electrons. The zero-order valence-corrected chi connectivity index (χ0v) is 13.4. The third-order valence-corrected chi connectivity index (χ3v) is 3.63. The van der Waals surface area contributed by atoms with E-state index in [0.29, 0.717) is 24.1 Å². The lowest BCUT2D eigenvalue weighted by Crippen LogP contribution is -2.53. The molecule has 0 aliphatic carbocycles. The lowest BCUT2D eigenvalue weighted by Gasteiger charge is -2.33. The van der Waals surface area contributed by atoms with Crippen LogP contribution in [0.4, 0.5) is 0 Å². The number of halogens is 2. The Balaban J connectivity index is 0.00000324. The molecular weight excluding hydrogens is 283 g/mol. The molecule has 0 fully saturated rings. The number of ether oxygens (including phenoxy) is 1. The normalized spacial score (nSPS) is 13.8. The number of hydrogen-bond acceptors (Lipinski definition) is 3. The van der Waals surface area contributed by atoms with E-state index in [1.807, 2.05) is 24.3 Å². The second kappa shape index (κ2) is 8.64. The number of hydrogen-bond donors (Lipinski definition) is 2. The molecule has 3 nitrogen and oxygen atoms in total. The van der Waals surface area contributed by atoms with E-state index in [1.165, 1.54) is 0 Å². The van der Waals surface area contributed by atoms with Crippen LogP contribution in [-0.2, 0) is 0 Å². The van der Waals surface area contributed by atoms with Crippen LogP contribution in [0.15, 0.2) is 24.3 Å².